The number of carbonyl (C=O) groups is 1. The third-order valence-electron chi connectivity index (χ3n) is 7.61. The fraction of sp³-hybridized carbons (Fsp3) is 0.600. The highest BCUT2D eigenvalue weighted by Crippen LogP contribution is 2.47. The molecule has 0 spiro atoms. The number of hydrogen-bond donors (Lipinski definition) is 1. The van der Waals surface area contributed by atoms with Crippen LogP contribution in [0.1, 0.15) is 76.0 Å². The van der Waals surface area contributed by atoms with Gasteiger partial charge in [0.05, 0.1) is 17.4 Å². The number of ether oxygens (including phenoxy) is 1. The Balaban J connectivity index is 1.52. The lowest BCUT2D eigenvalue weighted by Crippen LogP contribution is -2.44. The first-order chi connectivity index (χ1) is 14.4. The Morgan fingerprint density at radius 3 is 2.83 bits per heavy atom. The predicted molar refractivity (Wildman–Crippen MR) is 117 cm³/mol. The fourth-order valence-corrected chi connectivity index (χ4v) is 5.55. The number of fused-ring (bicyclic) bond motifs is 4. The smallest absolute Gasteiger partial charge is 0.226 e. The van der Waals surface area contributed by atoms with E-state index < -0.39 is 0 Å². The van der Waals surface area contributed by atoms with E-state index in [4.69, 9.17) is 9.72 Å². The number of benzene rings is 1. The van der Waals surface area contributed by atoms with E-state index in [-0.39, 0.29) is 12.0 Å². The van der Waals surface area contributed by atoms with Crippen molar-refractivity contribution in [2.75, 3.05) is 0 Å². The molecule has 5 heteroatoms. The molecule has 5 nitrogen and oxygen atoms in total. The second-order valence-electron chi connectivity index (χ2n) is 9.88. The normalized spacial score (nSPS) is 26.0. The number of nitrogens with zero attached hydrogens (tertiary/aromatic N) is 2. The summed E-state index contributed by atoms with van der Waals surface area (Å²) >= 11 is 0. The van der Waals surface area contributed by atoms with Crippen LogP contribution in [0.5, 0.6) is 5.75 Å². The van der Waals surface area contributed by atoms with Crippen molar-refractivity contribution in [1.82, 2.24) is 14.9 Å². The maximum atomic E-state index is 13.6. The lowest BCUT2D eigenvalue weighted by molar-refractivity contribution is -0.140. The Morgan fingerprint density at radius 1 is 1.23 bits per heavy atom. The second-order valence-corrected chi connectivity index (χ2v) is 9.88. The van der Waals surface area contributed by atoms with Crippen LogP contribution >= 0.6 is 0 Å². The minimum atomic E-state index is 0.0322. The number of carbonyl (C=O) groups excluding carboxylic acids is 1. The summed E-state index contributed by atoms with van der Waals surface area (Å²) in [4.78, 5) is 24.4. The third-order valence-corrected chi connectivity index (χ3v) is 7.61. The lowest BCUT2D eigenvalue weighted by atomic mass is 9.84. The van der Waals surface area contributed by atoms with Crippen LogP contribution in [-0.4, -0.2) is 26.8 Å². The van der Waals surface area contributed by atoms with Crippen molar-refractivity contribution >= 4 is 5.91 Å². The van der Waals surface area contributed by atoms with E-state index in [9.17, 15) is 4.79 Å². The summed E-state index contributed by atoms with van der Waals surface area (Å²) in [5.74, 6) is 3.11. The van der Waals surface area contributed by atoms with Crippen molar-refractivity contribution in [3.8, 4) is 17.0 Å². The second kappa shape index (κ2) is 7.44. The van der Waals surface area contributed by atoms with Crippen molar-refractivity contribution in [1.29, 1.82) is 0 Å². The number of rotatable bonds is 3. The molecule has 1 saturated carbocycles. The van der Waals surface area contributed by atoms with Crippen molar-refractivity contribution in [2.24, 2.45) is 17.8 Å². The van der Waals surface area contributed by atoms with Gasteiger partial charge in [0.2, 0.25) is 5.91 Å². The molecule has 2 fully saturated rings. The van der Waals surface area contributed by atoms with Crippen LogP contribution in [0.25, 0.3) is 11.3 Å². The van der Waals surface area contributed by atoms with Crippen LogP contribution < -0.4 is 4.74 Å². The molecule has 3 heterocycles. The molecule has 1 saturated heterocycles. The molecule has 0 bridgehead atoms. The number of likely N-dealkylation sites (tertiary alicyclic amines) is 1. The van der Waals surface area contributed by atoms with E-state index in [0.29, 0.717) is 30.4 Å². The minimum Gasteiger partial charge on any atom is -0.487 e. The van der Waals surface area contributed by atoms with Crippen LogP contribution in [-0.2, 0) is 11.4 Å². The molecule has 30 heavy (non-hydrogen) atoms. The Kier molecular flexibility index (Phi) is 4.87. The number of imidazole rings is 1. The van der Waals surface area contributed by atoms with Crippen LogP contribution in [0.4, 0.5) is 0 Å². The van der Waals surface area contributed by atoms with Gasteiger partial charge in [0, 0.05) is 17.5 Å². The van der Waals surface area contributed by atoms with Crippen LogP contribution in [0.15, 0.2) is 18.2 Å². The minimum absolute atomic E-state index is 0.0322. The summed E-state index contributed by atoms with van der Waals surface area (Å²) in [5, 5.41) is 0. The maximum absolute atomic E-state index is 13.6. The first-order valence-electron chi connectivity index (χ1n) is 11.6. The van der Waals surface area contributed by atoms with Gasteiger partial charge in [-0.1, -0.05) is 39.7 Å². The molecule has 1 aliphatic carbocycles. The molecule has 1 aromatic heterocycles. The summed E-state index contributed by atoms with van der Waals surface area (Å²) < 4.78 is 5.99. The van der Waals surface area contributed by atoms with E-state index in [1.165, 1.54) is 24.8 Å². The average Bonchev–Trinajstić information content (AvgIpc) is 3.33. The van der Waals surface area contributed by atoms with Crippen LogP contribution in [0, 0.1) is 24.7 Å². The molecule has 2 aromatic rings. The predicted octanol–water partition coefficient (Wildman–Crippen LogP) is 5.40. The van der Waals surface area contributed by atoms with Gasteiger partial charge in [0.15, 0.2) is 0 Å². The summed E-state index contributed by atoms with van der Waals surface area (Å²) in [6, 6.07) is 6.70. The van der Waals surface area contributed by atoms with Gasteiger partial charge in [-0.05, 0) is 55.7 Å². The highest BCUT2D eigenvalue weighted by molar-refractivity contribution is 5.80. The van der Waals surface area contributed by atoms with Gasteiger partial charge >= 0.3 is 0 Å². The third kappa shape index (κ3) is 3.14. The molecular weight excluding hydrogens is 374 g/mol. The lowest BCUT2D eigenvalue weighted by Gasteiger charge is -2.36. The van der Waals surface area contributed by atoms with Crippen LogP contribution in [0.3, 0.4) is 0 Å². The number of H-pyrrole nitrogens is 1. The molecule has 0 radical (unpaired) electrons. The highest BCUT2D eigenvalue weighted by atomic mass is 16.5. The zero-order valence-corrected chi connectivity index (χ0v) is 18.6. The number of aryl methyl sites for hydroxylation is 1. The molecule has 160 valence electrons. The Hall–Kier alpha value is -2.30. The van der Waals surface area contributed by atoms with Crippen molar-refractivity contribution in [2.45, 2.75) is 78.5 Å². The van der Waals surface area contributed by atoms with Gasteiger partial charge in [-0.25, -0.2) is 4.98 Å². The average molecular weight is 408 g/mol. The number of aromatic amines is 1. The Labute approximate surface area is 179 Å². The molecule has 1 amide bonds. The largest absolute Gasteiger partial charge is 0.487 e. The maximum Gasteiger partial charge on any atom is 0.226 e. The van der Waals surface area contributed by atoms with Gasteiger partial charge in [-0.2, -0.15) is 0 Å². The van der Waals surface area contributed by atoms with E-state index in [1.807, 2.05) is 0 Å². The van der Waals surface area contributed by atoms with Gasteiger partial charge in [0.1, 0.15) is 18.2 Å². The molecule has 1 N–H and O–H groups in total. The summed E-state index contributed by atoms with van der Waals surface area (Å²) in [7, 11) is 0. The quantitative estimate of drug-likeness (QED) is 0.741. The standard InChI is InChI=1S/C25H33N3O2/c1-14(2)16(4)25(29)28-20-8-6-5-7-17(20)12-21(28)24-26-19-13-30-22-11-15(3)9-10-18(22)23(19)27-24/h9-11,14,16-17,20-21H,5-8,12-13H2,1-4H3,(H,26,27)/t16-,17-,20-,21-/m0/s1. The highest BCUT2D eigenvalue weighted by Gasteiger charge is 2.47. The van der Waals surface area contributed by atoms with Crippen molar-refractivity contribution in [3.63, 3.8) is 0 Å². The Morgan fingerprint density at radius 2 is 2.03 bits per heavy atom. The molecule has 3 aliphatic rings. The van der Waals surface area contributed by atoms with E-state index in [2.05, 4.69) is 55.8 Å². The number of nitrogens with one attached hydrogen (secondary N) is 1. The molecule has 4 atom stereocenters. The monoisotopic (exact) mass is 407 g/mol. The van der Waals surface area contributed by atoms with E-state index >= 15 is 0 Å². The van der Waals surface area contributed by atoms with Crippen molar-refractivity contribution < 1.29 is 9.53 Å². The molecule has 0 unspecified atom stereocenters. The number of hydrogen-bond acceptors (Lipinski definition) is 3. The fourth-order valence-electron chi connectivity index (χ4n) is 5.55. The Bertz CT molecular complexity index is 963. The van der Waals surface area contributed by atoms with Crippen LogP contribution in [0.2, 0.25) is 0 Å². The molecule has 1 aromatic carbocycles. The van der Waals surface area contributed by atoms with Crippen molar-refractivity contribution in [3.05, 3.63) is 35.3 Å². The zero-order valence-electron chi connectivity index (χ0n) is 18.6. The first-order valence-corrected chi connectivity index (χ1v) is 11.6. The molecule has 5 rings (SSSR count). The SMILES string of the molecule is Cc1ccc2c(c1)OCc1[nH]c([C@@H]3C[C@@H]4CCCC[C@@H]4N3C(=O)[C@@H](C)C(C)C)nc1-2. The van der Waals surface area contributed by atoms with Gasteiger partial charge < -0.3 is 14.6 Å². The van der Waals surface area contributed by atoms with Gasteiger partial charge in [-0.15, -0.1) is 0 Å². The topological polar surface area (TPSA) is 58.2 Å². The zero-order chi connectivity index (χ0) is 21.0. The molecular formula is C25H33N3O2. The van der Waals surface area contributed by atoms with E-state index in [1.54, 1.807) is 0 Å². The van der Waals surface area contributed by atoms with Gasteiger partial charge in [0.25, 0.3) is 0 Å². The summed E-state index contributed by atoms with van der Waals surface area (Å²) in [5.41, 5.74) is 4.26. The number of aromatic nitrogens is 2. The summed E-state index contributed by atoms with van der Waals surface area (Å²) in [6.07, 6.45) is 5.89. The molecule has 2 aliphatic heterocycles. The van der Waals surface area contributed by atoms with Gasteiger partial charge in [-0.3, -0.25) is 4.79 Å². The first kappa shape index (κ1) is 19.7. The number of amides is 1. The van der Waals surface area contributed by atoms with E-state index in [0.717, 1.165) is 41.4 Å². The summed E-state index contributed by atoms with van der Waals surface area (Å²) in [6.45, 7) is 8.96.